The second-order valence-electron chi connectivity index (χ2n) is 4.81. The van der Waals surface area contributed by atoms with Gasteiger partial charge in [-0.1, -0.05) is 0 Å². The van der Waals surface area contributed by atoms with E-state index in [9.17, 15) is 0 Å². The molecule has 3 rings (SSSR count). The van der Waals surface area contributed by atoms with Gasteiger partial charge in [-0.05, 0) is 19.2 Å². The highest BCUT2D eigenvalue weighted by Crippen LogP contribution is 2.13. The van der Waals surface area contributed by atoms with Gasteiger partial charge in [-0.2, -0.15) is 5.10 Å². The first-order valence-corrected chi connectivity index (χ1v) is 6.44. The molecule has 1 fully saturated rings. The molecule has 2 aromatic rings. The molecule has 0 unspecified atom stereocenters. The van der Waals surface area contributed by atoms with Crippen LogP contribution in [0.1, 0.15) is 5.56 Å². The van der Waals surface area contributed by atoms with Gasteiger partial charge >= 0.3 is 0 Å². The van der Waals surface area contributed by atoms with Crippen LogP contribution in [0.4, 0.5) is 0 Å². The number of piperazine rings is 1. The van der Waals surface area contributed by atoms with Crippen LogP contribution in [0.5, 0.6) is 0 Å². The predicted molar refractivity (Wildman–Crippen MR) is 70.8 cm³/mol. The number of rotatable bonds is 3. The molecule has 2 aromatic heterocycles. The van der Waals surface area contributed by atoms with Crippen molar-refractivity contribution < 1.29 is 0 Å². The fourth-order valence-electron chi connectivity index (χ4n) is 2.25. The third-order valence-corrected chi connectivity index (χ3v) is 3.41. The molecule has 1 saturated heterocycles. The average Bonchev–Trinajstić information content (AvgIpc) is 2.96. The molecule has 1 aliphatic heterocycles. The van der Waals surface area contributed by atoms with E-state index in [1.165, 1.54) is 6.33 Å². The maximum Gasteiger partial charge on any atom is 0.160 e. The van der Waals surface area contributed by atoms with Crippen molar-refractivity contribution in [2.24, 2.45) is 0 Å². The summed E-state index contributed by atoms with van der Waals surface area (Å²) in [5.74, 6) is 0.818. The van der Waals surface area contributed by atoms with Crippen LogP contribution in [0, 0.1) is 6.07 Å². The van der Waals surface area contributed by atoms with Crippen LogP contribution in [0.3, 0.4) is 0 Å². The van der Waals surface area contributed by atoms with E-state index in [0.717, 1.165) is 44.1 Å². The Morgan fingerprint density at radius 1 is 1.26 bits per heavy atom. The zero-order valence-electron chi connectivity index (χ0n) is 11.0. The lowest BCUT2D eigenvalue weighted by atomic mass is 10.2. The van der Waals surface area contributed by atoms with Gasteiger partial charge in [0.2, 0.25) is 0 Å². The molecule has 3 heterocycles. The maximum atomic E-state index is 4.39. The first-order valence-electron chi connectivity index (χ1n) is 6.44. The van der Waals surface area contributed by atoms with Crippen LogP contribution in [-0.4, -0.2) is 62.8 Å². The van der Waals surface area contributed by atoms with Crippen molar-refractivity contribution in [1.82, 2.24) is 29.5 Å². The number of hydrogen-bond donors (Lipinski definition) is 0. The highest BCUT2D eigenvalue weighted by atomic mass is 15.3. The Hall–Kier alpha value is -1.79. The average molecular weight is 257 g/mol. The molecule has 0 aliphatic carbocycles. The zero-order valence-corrected chi connectivity index (χ0v) is 11.0. The Morgan fingerprint density at radius 2 is 2.11 bits per heavy atom. The third-order valence-electron chi connectivity index (χ3n) is 3.41. The summed E-state index contributed by atoms with van der Waals surface area (Å²) in [7, 11) is 2.16. The Balaban J connectivity index is 1.78. The van der Waals surface area contributed by atoms with E-state index in [-0.39, 0.29) is 0 Å². The second kappa shape index (κ2) is 5.46. The maximum absolute atomic E-state index is 4.39. The lowest BCUT2D eigenvalue weighted by Gasteiger charge is -2.32. The molecule has 0 N–H and O–H groups in total. The molecule has 6 nitrogen and oxygen atoms in total. The normalized spacial score (nSPS) is 17.7. The van der Waals surface area contributed by atoms with Crippen molar-refractivity contribution >= 4 is 0 Å². The number of aromatic nitrogens is 4. The topological polar surface area (TPSA) is 50.1 Å². The first-order chi connectivity index (χ1) is 9.33. The molecule has 1 radical (unpaired) electrons. The molecular formula is C13H17N6. The molecule has 0 spiro atoms. The lowest BCUT2D eigenvalue weighted by molar-refractivity contribution is 0.148. The predicted octanol–water partition coefficient (Wildman–Crippen LogP) is 0.210. The van der Waals surface area contributed by atoms with Crippen LogP contribution in [0.25, 0.3) is 5.82 Å². The van der Waals surface area contributed by atoms with Gasteiger partial charge in [0.25, 0.3) is 0 Å². The first kappa shape index (κ1) is 12.3. The summed E-state index contributed by atoms with van der Waals surface area (Å²) in [5.41, 5.74) is 1.07. The minimum Gasteiger partial charge on any atom is -0.304 e. The minimum absolute atomic E-state index is 0.818. The summed E-state index contributed by atoms with van der Waals surface area (Å²) in [6.45, 7) is 5.24. The zero-order chi connectivity index (χ0) is 13.1. The van der Waals surface area contributed by atoms with Crippen LogP contribution >= 0.6 is 0 Å². The van der Waals surface area contributed by atoms with Crippen LogP contribution in [0.15, 0.2) is 24.9 Å². The molecule has 6 heteroatoms. The fraction of sp³-hybridized carbons (Fsp3) is 0.462. The van der Waals surface area contributed by atoms with Crippen molar-refractivity contribution in [3.8, 4) is 5.82 Å². The fourth-order valence-corrected chi connectivity index (χ4v) is 2.25. The van der Waals surface area contributed by atoms with E-state index in [2.05, 4.69) is 38.0 Å². The van der Waals surface area contributed by atoms with Crippen molar-refractivity contribution in [1.29, 1.82) is 0 Å². The molecule has 99 valence electrons. The highest BCUT2D eigenvalue weighted by Gasteiger charge is 2.16. The number of nitrogens with zero attached hydrogens (tertiary/aromatic N) is 6. The SMILES string of the molecule is CN1CCN(Cc2[c]ccnc2-n2cncn2)CC1. The van der Waals surface area contributed by atoms with Crippen molar-refractivity contribution in [3.63, 3.8) is 0 Å². The number of likely N-dealkylation sites (N-methyl/N-ethyl adjacent to an activating group) is 1. The number of pyridine rings is 1. The Labute approximate surface area is 112 Å². The van der Waals surface area contributed by atoms with Gasteiger partial charge in [0.15, 0.2) is 5.82 Å². The quantitative estimate of drug-likeness (QED) is 0.787. The summed E-state index contributed by atoms with van der Waals surface area (Å²) < 4.78 is 1.70. The second-order valence-corrected chi connectivity index (χ2v) is 4.81. The number of hydrogen-bond acceptors (Lipinski definition) is 5. The van der Waals surface area contributed by atoms with Crippen LogP contribution in [-0.2, 0) is 6.54 Å². The minimum atomic E-state index is 0.818. The molecular weight excluding hydrogens is 240 g/mol. The molecule has 0 amide bonds. The van der Waals surface area contributed by atoms with Gasteiger partial charge in [-0.25, -0.2) is 14.6 Å². The van der Waals surface area contributed by atoms with E-state index in [1.54, 1.807) is 17.2 Å². The van der Waals surface area contributed by atoms with Crippen molar-refractivity contribution in [3.05, 3.63) is 36.5 Å². The van der Waals surface area contributed by atoms with Gasteiger partial charge < -0.3 is 4.90 Å². The lowest BCUT2D eigenvalue weighted by Crippen LogP contribution is -2.44. The smallest absolute Gasteiger partial charge is 0.160 e. The van der Waals surface area contributed by atoms with E-state index in [1.807, 2.05) is 6.07 Å². The van der Waals surface area contributed by atoms with E-state index >= 15 is 0 Å². The molecule has 0 bridgehead atoms. The molecule has 1 aliphatic rings. The molecule has 19 heavy (non-hydrogen) atoms. The van der Waals surface area contributed by atoms with E-state index < -0.39 is 0 Å². The van der Waals surface area contributed by atoms with Gasteiger partial charge in [0.05, 0.1) is 0 Å². The van der Waals surface area contributed by atoms with Gasteiger partial charge in [-0.15, -0.1) is 0 Å². The van der Waals surface area contributed by atoms with Crippen molar-refractivity contribution in [2.75, 3.05) is 33.2 Å². The molecule has 0 aromatic carbocycles. The summed E-state index contributed by atoms with van der Waals surface area (Å²) >= 11 is 0. The van der Waals surface area contributed by atoms with E-state index in [4.69, 9.17) is 0 Å². The van der Waals surface area contributed by atoms with Crippen LogP contribution < -0.4 is 0 Å². The standard InChI is InChI=1S/C13H17N6/c1-17-5-7-18(8-6-17)9-12-3-2-4-15-13(12)19-11-14-10-16-19/h2,4,10-11H,5-9H2,1H3. The van der Waals surface area contributed by atoms with Gasteiger partial charge in [0.1, 0.15) is 12.7 Å². The molecule has 0 saturated carbocycles. The Morgan fingerprint density at radius 3 is 2.84 bits per heavy atom. The van der Waals surface area contributed by atoms with E-state index in [0.29, 0.717) is 0 Å². The summed E-state index contributed by atoms with van der Waals surface area (Å²) in [5, 5.41) is 4.15. The molecule has 0 atom stereocenters. The van der Waals surface area contributed by atoms with Crippen molar-refractivity contribution in [2.45, 2.75) is 6.54 Å². The summed E-state index contributed by atoms with van der Waals surface area (Å²) in [6.07, 6.45) is 4.93. The largest absolute Gasteiger partial charge is 0.304 e. The monoisotopic (exact) mass is 257 g/mol. The van der Waals surface area contributed by atoms with Gasteiger partial charge in [0, 0.05) is 44.5 Å². The Bertz CT molecular complexity index is 516. The highest BCUT2D eigenvalue weighted by molar-refractivity contribution is 5.31. The third kappa shape index (κ3) is 2.80. The summed E-state index contributed by atoms with van der Waals surface area (Å²) in [6, 6.07) is 5.13. The van der Waals surface area contributed by atoms with Crippen LogP contribution in [0.2, 0.25) is 0 Å². The summed E-state index contributed by atoms with van der Waals surface area (Å²) in [4.78, 5) is 13.1. The van der Waals surface area contributed by atoms with Gasteiger partial charge in [-0.3, -0.25) is 4.90 Å². The Kier molecular flexibility index (Phi) is 3.52.